The Hall–Kier alpha value is -1.50. The predicted molar refractivity (Wildman–Crippen MR) is 130 cm³/mol. The number of thioether (sulfide) groups is 1. The van der Waals surface area contributed by atoms with E-state index >= 15 is 0 Å². The molecule has 0 aromatic carbocycles. The van der Waals surface area contributed by atoms with E-state index in [1.807, 2.05) is 13.8 Å². The minimum atomic E-state index is -0.664. The fourth-order valence-corrected chi connectivity index (χ4v) is 4.12. The van der Waals surface area contributed by atoms with Gasteiger partial charge in [0, 0.05) is 10.8 Å². The van der Waals surface area contributed by atoms with E-state index in [0.29, 0.717) is 18.2 Å². The molecule has 7 heteroatoms. The molecule has 1 atom stereocenters. The Morgan fingerprint density at radius 2 is 1.68 bits per heavy atom. The van der Waals surface area contributed by atoms with Crippen LogP contribution in [0.1, 0.15) is 87.0 Å². The van der Waals surface area contributed by atoms with Gasteiger partial charge in [-0.25, -0.2) is 0 Å². The lowest BCUT2D eigenvalue weighted by molar-refractivity contribution is -0.125. The first kappa shape index (κ1) is 27.5. The number of hydrogen-bond acceptors (Lipinski definition) is 5. The van der Waals surface area contributed by atoms with Crippen molar-refractivity contribution >= 4 is 28.7 Å². The van der Waals surface area contributed by atoms with E-state index in [-0.39, 0.29) is 39.6 Å². The largest absolute Gasteiger partial charge is 0.380 e. The molecule has 1 fully saturated rings. The lowest BCUT2D eigenvalue weighted by Crippen LogP contribution is -2.48. The van der Waals surface area contributed by atoms with E-state index in [9.17, 15) is 14.4 Å². The molecule has 0 aliphatic heterocycles. The van der Waals surface area contributed by atoms with E-state index in [4.69, 9.17) is 0 Å². The molecule has 178 valence electrons. The summed E-state index contributed by atoms with van der Waals surface area (Å²) in [6, 6.07) is -0.327. The maximum Gasteiger partial charge on any atom is 0.280 e. The van der Waals surface area contributed by atoms with Crippen LogP contribution in [0.15, 0.2) is 12.3 Å². The Morgan fingerprint density at radius 1 is 1.06 bits per heavy atom. The predicted octanol–water partition coefficient (Wildman–Crippen LogP) is 4.79. The van der Waals surface area contributed by atoms with Crippen molar-refractivity contribution in [3.05, 3.63) is 12.3 Å². The van der Waals surface area contributed by atoms with Crippen LogP contribution in [0, 0.1) is 11.3 Å². The van der Waals surface area contributed by atoms with Gasteiger partial charge in [-0.3, -0.25) is 14.4 Å². The molecule has 31 heavy (non-hydrogen) atoms. The molecule has 0 bridgehead atoms. The SMILES string of the molecule is C=C(NC1CC1)C(=O)CNC(=O)C(CC(C)C)NC(=O)SC(C)(C)CCCC(C)(C)C. The smallest absolute Gasteiger partial charge is 0.280 e. The van der Waals surface area contributed by atoms with Crippen LogP contribution in [-0.4, -0.2) is 40.3 Å². The van der Waals surface area contributed by atoms with Gasteiger partial charge in [0.1, 0.15) is 6.04 Å². The summed E-state index contributed by atoms with van der Waals surface area (Å²) in [7, 11) is 0. The molecule has 1 unspecified atom stereocenters. The van der Waals surface area contributed by atoms with Gasteiger partial charge in [0.2, 0.25) is 5.91 Å². The average molecular weight is 454 g/mol. The topological polar surface area (TPSA) is 87.3 Å². The van der Waals surface area contributed by atoms with Crippen LogP contribution in [0.3, 0.4) is 0 Å². The standard InChI is InChI=1S/C24H43N3O3S/c1-16(2)14-19(21(29)25-15-20(28)17(3)26-18-10-11-18)27-22(30)31-24(7,8)13-9-12-23(4,5)6/h16,18-19,26H,3,9-15H2,1-2,4-8H3,(H,25,29)(H,27,30). The van der Waals surface area contributed by atoms with E-state index in [1.54, 1.807) is 0 Å². The molecule has 0 aromatic rings. The molecule has 1 saturated carbocycles. The lowest BCUT2D eigenvalue weighted by Gasteiger charge is -2.27. The fraction of sp³-hybridized carbons (Fsp3) is 0.792. The van der Waals surface area contributed by atoms with Crippen LogP contribution < -0.4 is 16.0 Å². The van der Waals surface area contributed by atoms with Crippen LogP contribution in [-0.2, 0) is 9.59 Å². The second-order valence-electron chi connectivity index (χ2n) is 10.9. The van der Waals surface area contributed by atoms with Crippen LogP contribution in [0.25, 0.3) is 0 Å². The average Bonchev–Trinajstić information content (AvgIpc) is 3.40. The second-order valence-corrected chi connectivity index (χ2v) is 12.6. The number of carbonyl (C=O) groups is 3. The normalized spacial score (nSPS) is 15.4. The number of nitrogens with one attached hydrogen (secondary N) is 3. The molecule has 0 radical (unpaired) electrons. The highest BCUT2D eigenvalue weighted by molar-refractivity contribution is 8.14. The quantitative estimate of drug-likeness (QED) is 0.349. The first-order chi connectivity index (χ1) is 14.2. The maximum atomic E-state index is 12.7. The number of hydrogen-bond donors (Lipinski definition) is 3. The Kier molecular flexibility index (Phi) is 10.6. The third-order valence-electron chi connectivity index (χ3n) is 5.11. The molecule has 0 saturated heterocycles. The zero-order valence-corrected chi connectivity index (χ0v) is 21.3. The van der Waals surface area contributed by atoms with Gasteiger partial charge >= 0.3 is 0 Å². The minimum absolute atomic E-state index is 0.118. The maximum absolute atomic E-state index is 12.7. The molecule has 1 rings (SSSR count). The molecule has 6 nitrogen and oxygen atoms in total. The summed E-state index contributed by atoms with van der Waals surface area (Å²) in [6.45, 7) is 18.4. The van der Waals surface area contributed by atoms with Crippen molar-refractivity contribution in [2.45, 2.75) is 104 Å². The molecular weight excluding hydrogens is 410 g/mol. The van der Waals surface area contributed by atoms with Gasteiger partial charge < -0.3 is 16.0 Å². The summed E-state index contributed by atoms with van der Waals surface area (Å²) in [6.07, 6.45) is 5.68. The van der Waals surface area contributed by atoms with E-state index in [2.05, 4.69) is 57.1 Å². The molecular formula is C24H43N3O3S. The van der Waals surface area contributed by atoms with Crippen LogP contribution in [0.2, 0.25) is 0 Å². The summed E-state index contributed by atoms with van der Waals surface area (Å²) < 4.78 is -0.212. The van der Waals surface area contributed by atoms with Gasteiger partial charge in [0.05, 0.1) is 12.2 Å². The zero-order valence-electron chi connectivity index (χ0n) is 20.5. The van der Waals surface area contributed by atoms with Crippen molar-refractivity contribution in [1.29, 1.82) is 0 Å². The summed E-state index contributed by atoms with van der Waals surface area (Å²) in [5, 5.41) is 8.39. The van der Waals surface area contributed by atoms with Crippen molar-refractivity contribution < 1.29 is 14.4 Å². The number of Topliss-reactive ketones (excluding diaryl/α,β-unsaturated/α-hetero) is 1. The van der Waals surface area contributed by atoms with Crippen molar-refractivity contribution in [2.75, 3.05) is 6.54 Å². The number of amides is 2. The monoisotopic (exact) mass is 453 g/mol. The van der Waals surface area contributed by atoms with E-state index in [1.165, 1.54) is 11.8 Å². The Labute approximate surface area is 193 Å². The van der Waals surface area contributed by atoms with E-state index in [0.717, 1.165) is 32.1 Å². The Bertz CT molecular complexity index is 649. The van der Waals surface area contributed by atoms with Gasteiger partial charge in [-0.15, -0.1) is 0 Å². The summed E-state index contributed by atoms with van der Waals surface area (Å²) in [5.41, 5.74) is 0.611. The van der Waals surface area contributed by atoms with Crippen molar-refractivity contribution in [2.24, 2.45) is 11.3 Å². The number of ketones is 1. The first-order valence-corrected chi connectivity index (χ1v) is 12.3. The highest BCUT2D eigenvalue weighted by Crippen LogP contribution is 2.33. The van der Waals surface area contributed by atoms with E-state index < -0.39 is 6.04 Å². The van der Waals surface area contributed by atoms with Gasteiger partial charge in [-0.1, -0.05) is 73.2 Å². The van der Waals surface area contributed by atoms with Gasteiger partial charge in [0.25, 0.3) is 5.24 Å². The van der Waals surface area contributed by atoms with Gasteiger partial charge in [-0.05, 0) is 43.4 Å². The molecule has 2 amide bonds. The van der Waals surface area contributed by atoms with Crippen molar-refractivity contribution in [1.82, 2.24) is 16.0 Å². The van der Waals surface area contributed by atoms with Crippen LogP contribution in [0.5, 0.6) is 0 Å². The number of rotatable bonds is 13. The second kappa shape index (κ2) is 11.9. The molecule has 0 aromatic heterocycles. The lowest BCUT2D eigenvalue weighted by atomic mass is 9.88. The minimum Gasteiger partial charge on any atom is -0.380 e. The summed E-state index contributed by atoms with van der Waals surface area (Å²) in [4.78, 5) is 37.5. The molecule has 3 N–H and O–H groups in total. The highest BCUT2D eigenvalue weighted by atomic mass is 32.2. The van der Waals surface area contributed by atoms with Crippen molar-refractivity contribution in [3.8, 4) is 0 Å². The molecule has 1 aliphatic rings. The molecule has 0 spiro atoms. The van der Waals surface area contributed by atoms with Gasteiger partial charge in [0.15, 0.2) is 5.78 Å². The summed E-state index contributed by atoms with van der Waals surface area (Å²) >= 11 is 1.25. The highest BCUT2D eigenvalue weighted by Gasteiger charge is 2.28. The Morgan fingerprint density at radius 3 is 2.19 bits per heavy atom. The van der Waals surface area contributed by atoms with Crippen LogP contribution in [0.4, 0.5) is 4.79 Å². The molecule has 0 heterocycles. The molecule has 1 aliphatic carbocycles. The fourth-order valence-electron chi connectivity index (χ4n) is 3.17. The van der Waals surface area contributed by atoms with Crippen molar-refractivity contribution in [3.63, 3.8) is 0 Å². The van der Waals surface area contributed by atoms with Crippen LogP contribution >= 0.6 is 11.8 Å². The zero-order chi connectivity index (χ0) is 23.8. The van der Waals surface area contributed by atoms with Gasteiger partial charge in [-0.2, -0.15) is 0 Å². The third kappa shape index (κ3) is 12.8. The first-order valence-electron chi connectivity index (χ1n) is 11.4. The Balaban J connectivity index is 2.54. The number of carbonyl (C=O) groups excluding carboxylic acids is 3. The third-order valence-corrected chi connectivity index (χ3v) is 6.17. The summed E-state index contributed by atoms with van der Waals surface area (Å²) in [5.74, 6) is -0.340.